The molecule has 4 heteroatoms. The second kappa shape index (κ2) is 15.6. The Morgan fingerprint density at radius 2 is 1.29 bits per heavy atom. The minimum absolute atomic E-state index is 0.0345. The van der Waals surface area contributed by atoms with Crippen LogP contribution in [0.25, 0.3) is 0 Å². The van der Waals surface area contributed by atoms with Crippen molar-refractivity contribution >= 4 is 11.9 Å². The molecule has 0 aliphatic heterocycles. The summed E-state index contributed by atoms with van der Waals surface area (Å²) < 4.78 is 4.82. The van der Waals surface area contributed by atoms with Gasteiger partial charge in [-0.3, -0.25) is 4.79 Å². The highest BCUT2D eigenvalue weighted by atomic mass is 16.6. The van der Waals surface area contributed by atoms with E-state index in [1.165, 1.54) is 51.4 Å². The molecule has 2 N–H and O–H groups in total. The first kappa shape index (κ1) is 23.1. The molecule has 0 unspecified atom stereocenters. The molecule has 0 saturated carbocycles. The molecule has 0 aliphatic rings. The lowest BCUT2D eigenvalue weighted by Gasteiger charge is -2.15. The van der Waals surface area contributed by atoms with Crippen molar-refractivity contribution in [2.45, 2.75) is 110 Å². The summed E-state index contributed by atoms with van der Waals surface area (Å²) in [7, 11) is 0. The van der Waals surface area contributed by atoms with E-state index < -0.39 is 18.0 Å². The smallest absolute Gasteiger partial charge is 0.330 e. The monoisotopic (exact) mass is 341 g/mol. The van der Waals surface area contributed by atoms with Gasteiger partial charge in [0.15, 0.2) is 0 Å². The van der Waals surface area contributed by atoms with E-state index in [9.17, 15) is 9.59 Å². The topological polar surface area (TPSA) is 69.4 Å². The second-order valence-electron chi connectivity index (χ2n) is 6.99. The van der Waals surface area contributed by atoms with Crippen LogP contribution >= 0.6 is 0 Å². The standard InChI is InChI=1S/C20H39NO3/c1-4-6-7-8-9-10-11-12-13-14-15-16-18(22)24-20(23)19(21)17(3)5-2/h17,19H,4-16,21H2,1-3H3/t17-,19-/m1/s1. The Balaban J connectivity index is 3.48. The summed E-state index contributed by atoms with van der Waals surface area (Å²) in [4.78, 5) is 23.3. The summed E-state index contributed by atoms with van der Waals surface area (Å²) in [5.74, 6) is -0.987. The Bertz CT molecular complexity index is 331. The summed E-state index contributed by atoms with van der Waals surface area (Å²) in [6.07, 6.45) is 14.7. The van der Waals surface area contributed by atoms with Crippen LogP contribution in [0, 0.1) is 5.92 Å². The van der Waals surface area contributed by atoms with Crippen LogP contribution in [-0.2, 0) is 14.3 Å². The van der Waals surface area contributed by atoms with Crippen molar-refractivity contribution in [2.24, 2.45) is 11.7 Å². The molecule has 0 aromatic carbocycles. The predicted octanol–water partition coefficient (Wildman–Crippen LogP) is 5.13. The third kappa shape index (κ3) is 12.5. The van der Waals surface area contributed by atoms with Gasteiger partial charge >= 0.3 is 11.9 Å². The van der Waals surface area contributed by atoms with Crippen molar-refractivity contribution in [3.05, 3.63) is 0 Å². The highest BCUT2D eigenvalue weighted by Crippen LogP contribution is 2.12. The van der Waals surface area contributed by atoms with Gasteiger partial charge < -0.3 is 10.5 Å². The van der Waals surface area contributed by atoms with Crippen LogP contribution in [0.4, 0.5) is 0 Å². The zero-order valence-corrected chi connectivity index (χ0v) is 16.1. The molecule has 0 aromatic rings. The summed E-state index contributed by atoms with van der Waals surface area (Å²) in [5.41, 5.74) is 5.75. The van der Waals surface area contributed by atoms with Crippen molar-refractivity contribution in [2.75, 3.05) is 0 Å². The largest absolute Gasteiger partial charge is 0.392 e. The SMILES string of the molecule is CCCCCCCCCCCCCC(=O)OC(=O)[C@H](N)[C@H](C)CC. The molecule has 0 saturated heterocycles. The first-order chi connectivity index (χ1) is 11.5. The summed E-state index contributed by atoms with van der Waals surface area (Å²) >= 11 is 0. The Hall–Kier alpha value is -0.900. The molecule has 24 heavy (non-hydrogen) atoms. The van der Waals surface area contributed by atoms with E-state index in [1.807, 2.05) is 13.8 Å². The first-order valence-electron chi connectivity index (χ1n) is 10.0. The van der Waals surface area contributed by atoms with Gasteiger partial charge in [-0.1, -0.05) is 91.4 Å². The fourth-order valence-corrected chi connectivity index (χ4v) is 2.65. The molecule has 0 aliphatic carbocycles. The third-order valence-corrected chi connectivity index (χ3v) is 4.73. The van der Waals surface area contributed by atoms with Gasteiger partial charge in [-0.15, -0.1) is 0 Å². The van der Waals surface area contributed by atoms with E-state index >= 15 is 0 Å². The Morgan fingerprint density at radius 1 is 0.833 bits per heavy atom. The van der Waals surface area contributed by atoms with Gasteiger partial charge in [0.05, 0.1) is 0 Å². The minimum atomic E-state index is -0.698. The van der Waals surface area contributed by atoms with Crippen molar-refractivity contribution in [1.82, 2.24) is 0 Å². The summed E-state index contributed by atoms with van der Waals surface area (Å²) in [6.45, 7) is 6.09. The Morgan fingerprint density at radius 3 is 1.75 bits per heavy atom. The minimum Gasteiger partial charge on any atom is -0.392 e. The number of unbranched alkanes of at least 4 members (excludes halogenated alkanes) is 10. The van der Waals surface area contributed by atoms with Gasteiger partial charge in [-0.2, -0.15) is 0 Å². The molecular formula is C20H39NO3. The molecule has 0 aromatic heterocycles. The quantitative estimate of drug-likeness (QED) is 0.255. The summed E-state index contributed by atoms with van der Waals surface area (Å²) in [5, 5.41) is 0. The lowest BCUT2D eigenvalue weighted by molar-refractivity contribution is -0.161. The number of hydrogen-bond acceptors (Lipinski definition) is 4. The molecule has 0 radical (unpaired) electrons. The maximum Gasteiger partial charge on any atom is 0.330 e. The Labute approximate surface area is 148 Å². The number of ether oxygens (including phenoxy) is 1. The molecule has 142 valence electrons. The van der Waals surface area contributed by atoms with Crippen LogP contribution in [0.3, 0.4) is 0 Å². The van der Waals surface area contributed by atoms with Crippen LogP contribution in [0.2, 0.25) is 0 Å². The van der Waals surface area contributed by atoms with Gasteiger partial charge in [0.25, 0.3) is 0 Å². The van der Waals surface area contributed by atoms with E-state index in [1.54, 1.807) is 0 Å². The van der Waals surface area contributed by atoms with Gasteiger partial charge in [-0.25, -0.2) is 4.79 Å². The van der Waals surface area contributed by atoms with E-state index in [4.69, 9.17) is 10.5 Å². The van der Waals surface area contributed by atoms with E-state index in [0.717, 1.165) is 25.7 Å². The van der Waals surface area contributed by atoms with Crippen LogP contribution in [0.1, 0.15) is 104 Å². The number of rotatable bonds is 15. The molecule has 2 atom stereocenters. The molecule has 0 amide bonds. The number of esters is 2. The normalized spacial score (nSPS) is 13.5. The fourth-order valence-electron chi connectivity index (χ4n) is 2.65. The van der Waals surface area contributed by atoms with Gasteiger partial charge in [-0.05, 0) is 12.3 Å². The van der Waals surface area contributed by atoms with Crippen LogP contribution < -0.4 is 5.73 Å². The number of carbonyl (C=O) groups is 2. The maximum atomic E-state index is 11.7. The van der Waals surface area contributed by atoms with Gasteiger partial charge in [0.1, 0.15) is 6.04 Å². The van der Waals surface area contributed by atoms with E-state index in [2.05, 4.69) is 6.92 Å². The molecule has 4 nitrogen and oxygen atoms in total. The first-order valence-corrected chi connectivity index (χ1v) is 10.0. The maximum absolute atomic E-state index is 11.7. The third-order valence-electron chi connectivity index (χ3n) is 4.73. The summed E-state index contributed by atoms with van der Waals surface area (Å²) in [6, 6.07) is -0.698. The highest BCUT2D eigenvalue weighted by molar-refractivity contribution is 5.88. The average Bonchev–Trinajstić information content (AvgIpc) is 2.58. The molecule has 0 spiro atoms. The fraction of sp³-hybridized carbons (Fsp3) is 0.900. The van der Waals surface area contributed by atoms with Crippen LogP contribution in [-0.4, -0.2) is 18.0 Å². The van der Waals surface area contributed by atoms with E-state index in [0.29, 0.717) is 6.42 Å². The van der Waals surface area contributed by atoms with Crippen molar-refractivity contribution in [3.63, 3.8) is 0 Å². The molecule has 0 fully saturated rings. The molecular weight excluding hydrogens is 302 g/mol. The van der Waals surface area contributed by atoms with Crippen LogP contribution in [0.15, 0.2) is 0 Å². The molecule has 0 heterocycles. The van der Waals surface area contributed by atoms with Crippen molar-refractivity contribution in [1.29, 1.82) is 0 Å². The van der Waals surface area contributed by atoms with E-state index in [-0.39, 0.29) is 5.92 Å². The lowest BCUT2D eigenvalue weighted by Crippen LogP contribution is -2.39. The Kier molecular flexibility index (Phi) is 15.0. The number of carbonyl (C=O) groups excluding carboxylic acids is 2. The van der Waals surface area contributed by atoms with Crippen molar-refractivity contribution in [3.8, 4) is 0 Å². The van der Waals surface area contributed by atoms with Gasteiger partial charge in [0.2, 0.25) is 0 Å². The zero-order chi connectivity index (χ0) is 18.2. The van der Waals surface area contributed by atoms with Gasteiger partial charge in [0, 0.05) is 6.42 Å². The second-order valence-corrected chi connectivity index (χ2v) is 6.99. The highest BCUT2D eigenvalue weighted by Gasteiger charge is 2.23. The zero-order valence-electron chi connectivity index (χ0n) is 16.1. The number of nitrogens with two attached hydrogens (primary N) is 1. The molecule has 0 bridgehead atoms. The molecule has 0 rings (SSSR count). The average molecular weight is 342 g/mol. The van der Waals surface area contributed by atoms with Crippen molar-refractivity contribution < 1.29 is 14.3 Å². The van der Waals surface area contributed by atoms with Crippen LogP contribution in [0.5, 0.6) is 0 Å². The lowest BCUT2D eigenvalue weighted by atomic mass is 10.0. The number of hydrogen-bond donors (Lipinski definition) is 1. The predicted molar refractivity (Wildman–Crippen MR) is 99.6 cm³/mol.